The fraction of sp³-hybridized carbons (Fsp3) is 0.538. The number of thioether (sulfide) groups is 1. The van der Waals surface area contributed by atoms with Gasteiger partial charge in [0, 0.05) is 10.1 Å². The van der Waals surface area contributed by atoms with Crippen molar-refractivity contribution in [2.75, 3.05) is 0 Å². The van der Waals surface area contributed by atoms with Crippen molar-refractivity contribution in [2.45, 2.75) is 35.8 Å². The van der Waals surface area contributed by atoms with E-state index in [1.54, 1.807) is 0 Å². The molecule has 3 rings (SSSR count). The van der Waals surface area contributed by atoms with Crippen LogP contribution in [-0.4, -0.2) is 5.25 Å². The van der Waals surface area contributed by atoms with Crippen LogP contribution in [0.2, 0.25) is 0 Å². The fourth-order valence-corrected chi connectivity index (χ4v) is 4.48. The topological polar surface area (TPSA) is 0 Å². The number of fused-ring (bicyclic) bond motifs is 2. The second-order valence-electron chi connectivity index (χ2n) is 4.64. The van der Waals surface area contributed by atoms with Crippen LogP contribution in [-0.2, 0) is 0 Å². The van der Waals surface area contributed by atoms with Crippen molar-refractivity contribution in [1.82, 2.24) is 0 Å². The molecule has 2 fully saturated rings. The van der Waals surface area contributed by atoms with Gasteiger partial charge in [0.1, 0.15) is 0 Å². The summed E-state index contributed by atoms with van der Waals surface area (Å²) in [4.78, 5) is 1.46. The van der Waals surface area contributed by atoms with Gasteiger partial charge in [-0.2, -0.15) is 0 Å². The van der Waals surface area contributed by atoms with Gasteiger partial charge in [-0.1, -0.05) is 24.6 Å². The Bertz CT molecular complexity index is 306. The summed E-state index contributed by atoms with van der Waals surface area (Å²) in [7, 11) is 0. The van der Waals surface area contributed by atoms with E-state index in [1.807, 2.05) is 0 Å². The minimum Gasteiger partial charge on any atom is -0.122 e. The summed E-state index contributed by atoms with van der Waals surface area (Å²) in [5.74, 6) is 2.10. The summed E-state index contributed by atoms with van der Waals surface area (Å²) in [5.41, 5.74) is 0. The van der Waals surface area contributed by atoms with Crippen molar-refractivity contribution >= 4 is 11.8 Å². The largest absolute Gasteiger partial charge is 0.122 e. The van der Waals surface area contributed by atoms with Crippen LogP contribution in [0.25, 0.3) is 0 Å². The highest BCUT2D eigenvalue weighted by Crippen LogP contribution is 2.50. The first-order valence-electron chi connectivity index (χ1n) is 5.63. The van der Waals surface area contributed by atoms with E-state index in [1.165, 1.54) is 30.6 Å². The molecule has 0 unspecified atom stereocenters. The van der Waals surface area contributed by atoms with Crippen molar-refractivity contribution in [1.29, 1.82) is 0 Å². The average molecular weight is 204 g/mol. The van der Waals surface area contributed by atoms with Crippen LogP contribution in [0.3, 0.4) is 0 Å². The fourth-order valence-electron chi connectivity index (χ4n) is 3.00. The smallest absolute Gasteiger partial charge is 0.0125 e. The Morgan fingerprint density at radius 3 is 2.50 bits per heavy atom. The zero-order valence-electron chi connectivity index (χ0n) is 8.36. The highest BCUT2D eigenvalue weighted by molar-refractivity contribution is 8.00. The Morgan fingerprint density at radius 2 is 1.86 bits per heavy atom. The van der Waals surface area contributed by atoms with Crippen LogP contribution in [0.15, 0.2) is 35.2 Å². The molecule has 0 N–H and O–H groups in total. The zero-order chi connectivity index (χ0) is 9.38. The van der Waals surface area contributed by atoms with Gasteiger partial charge in [0.05, 0.1) is 0 Å². The van der Waals surface area contributed by atoms with Crippen molar-refractivity contribution in [3.05, 3.63) is 30.3 Å². The number of rotatable bonds is 2. The molecular weight excluding hydrogens is 188 g/mol. The van der Waals surface area contributed by atoms with E-state index in [0.717, 1.165) is 17.1 Å². The summed E-state index contributed by atoms with van der Waals surface area (Å²) >= 11 is 2.11. The van der Waals surface area contributed by atoms with Crippen molar-refractivity contribution in [2.24, 2.45) is 11.8 Å². The molecule has 0 aromatic heterocycles. The van der Waals surface area contributed by atoms with E-state index in [0.29, 0.717) is 0 Å². The summed E-state index contributed by atoms with van der Waals surface area (Å²) < 4.78 is 0. The van der Waals surface area contributed by atoms with Gasteiger partial charge in [0.2, 0.25) is 0 Å². The van der Waals surface area contributed by atoms with E-state index in [4.69, 9.17) is 0 Å². The maximum atomic E-state index is 2.25. The van der Waals surface area contributed by atoms with Crippen LogP contribution >= 0.6 is 11.8 Å². The first kappa shape index (κ1) is 8.84. The van der Waals surface area contributed by atoms with E-state index in [9.17, 15) is 0 Å². The lowest BCUT2D eigenvalue weighted by molar-refractivity contribution is 0.492. The normalized spacial score (nSPS) is 35.0. The summed E-state index contributed by atoms with van der Waals surface area (Å²) in [6, 6.07) is 10.9. The van der Waals surface area contributed by atoms with Crippen LogP contribution in [0.1, 0.15) is 25.7 Å². The molecule has 2 saturated carbocycles. The molecule has 1 heteroatoms. The quantitative estimate of drug-likeness (QED) is 0.702. The molecule has 2 bridgehead atoms. The molecule has 0 heterocycles. The van der Waals surface area contributed by atoms with Crippen molar-refractivity contribution in [3.63, 3.8) is 0 Å². The molecule has 2 aliphatic rings. The molecule has 0 nitrogen and oxygen atoms in total. The lowest BCUT2D eigenvalue weighted by atomic mass is 10.0. The molecule has 14 heavy (non-hydrogen) atoms. The second-order valence-corrected chi connectivity index (χ2v) is 5.96. The molecule has 0 radical (unpaired) electrons. The molecule has 2 aliphatic carbocycles. The zero-order valence-corrected chi connectivity index (χ0v) is 9.17. The van der Waals surface area contributed by atoms with Gasteiger partial charge in [-0.15, -0.1) is 11.8 Å². The highest BCUT2D eigenvalue weighted by Gasteiger charge is 2.39. The number of benzene rings is 1. The number of hydrogen-bond donors (Lipinski definition) is 0. The molecule has 0 amide bonds. The highest BCUT2D eigenvalue weighted by atomic mass is 32.2. The Morgan fingerprint density at radius 1 is 1.00 bits per heavy atom. The molecule has 0 saturated heterocycles. The van der Waals surface area contributed by atoms with E-state index in [2.05, 4.69) is 42.1 Å². The van der Waals surface area contributed by atoms with Crippen molar-refractivity contribution < 1.29 is 0 Å². The minimum absolute atomic E-state index is 0.927. The molecule has 3 atom stereocenters. The van der Waals surface area contributed by atoms with Gasteiger partial charge < -0.3 is 0 Å². The molecule has 0 spiro atoms. The summed E-state index contributed by atoms with van der Waals surface area (Å²) in [6.45, 7) is 0. The standard InChI is InChI=1S/C13H16S/c1-2-4-12(5-3-1)14-13-9-10-6-7-11(13)8-10/h1-5,10-11,13H,6-9H2/t10-,11-,13-/m0/s1. The Balaban J connectivity index is 1.69. The van der Waals surface area contributed by atoms with Gasteiger partial charge >= 0.3 is 0 Å². The summed E-state index contributed by atoms with van der Waals surface area (Å²) in [5, 5.41) is 0.927. The maximum absolute atomic E-state index is 2.25. The second kappa shape index (κ2) is 3.62. The minimum atomic E-state index is 0.927. The molecule has 0 aliphatic heterocycles. The first-order valence-corrected chi connectivity index (χ1v) is 6.51. The monoisotopic (exact) mass is 204 g/mol. The molecule has 1 aromatic carbocycles. The number of hydrogen-bond acceptors (Lipinski definition) is 1. The molecular formula is C13H16S. The van der Waals surface area contributed by atoms with E-state index in [-0.39, 0.29) is 0 Å². The third-order valence-corrected chi connectivity index (χ3v) is 5.13. The Hall–Kier alpha value is -0.430. The molecule has 1 aromatic rings. The van der Waals surface area contributed by atoms with Crippen LogP contribution in [0, 0.1) is 11.8 Å². The van der Waals surface area contributed by atoms with Gasteiger partial charge in [0.25, 0.3) is 0 Å². The first-order chi connectivity index (χ1) is 6.92. The van der Waals surface area contributed by atoms with Gasteiger partial charge in [-0.05, 0) is 43.2 Å². The average Bonchev–Trinajstić information content (AvgIpc) is 2.81. The SMILES string of the molecule is c1ccc(S[C@H]2C[C@H]3CC[C@H]2C3)cc1. The Kier molecular flexibility index (Phi) is 2.28. The van der Waals surface area contributed by atoms with E-state index < -0.39 is 0 Å². The van der Waals surface area contributed by atoms with Gasteiger partial charge in [-0.25, -0.2) is 0 Å². The van der Waals surface area contributed by atoms with Crippen LogP contribution < -0.4 is 0 Å². The van der Waals surface area contributed by atoms with Gasteiger partial charge in [-0.3, -0.25) is 0 Å². The predicted molar refractivity (Wildman–Crippen MR) is 61.5 cm³/mol. The van der Waals surface area contributed by atoms with Crippen LogP contribution in [0.5, 0.6) is 0 Å². The van der Waals surface area contributed by atoms with Crippen LogP contribution in [0.4, 0.5) is 0 Å². The third-order valence-electron chi connectivity index (χ3n) is 3.70. The van der Waals surface area contributed by atoms with Gasteiger partial charge in [0.15, 0.2) is 0 Å². The Labute approximate surface area is 90.1 Å². The lowest BCUT2D eigenvalue weighted by Gasteiger charge is -2.20. The predicted octanol–water partition coefficient (Wildman–Crippen LogP) is 3.97. The lowest BCUT2D eigenvalue weighted by Crippen LogP contribution is -2.11. The van der Waals surface area contributed by atoms with Crippen molar-refractivity contribution in [3.8, 4) is 0 Å². The third kappa shape index (κ3) is 1.58. The molecule has 74 valence electrons. The van der Waals surface area contributed by atoms with E-state index >= 15 is 0 Å². The summed E-state index contributed by atoms with van der Waals surface area (Å²) in [6.07, 6.45) is 6.00. The maximum Gasteiger partial charge on any atom is 0.0125 e.